The first kappa shape index (κ1) is 18.8. The van der Waals surface area contributed by atoms with Crippen molar-refractivity contribution in [3.63, 3.8) is 0 Å². The van der Waals surface area contributed by atoms with Gasteiger partial charge in [-0.3, -0.25) is 0 Å². The van der Waals surface area contributed by atoms with Crippen LogP contribution in [0.4, 0.5) is 18.9 Å². The van der Waals surface area contributed by atoms with Crippen LogP contribution in [0.25, 0.3) is 6.08 Å². The molecule has 25 heavy (non-hydrogen) atoms. The Morgan fingerprint density at radius 3 is 2.56 bits per heavy atom. The maximum Gasteiger partial charge on any atom is 0.448 e. The van der Waals surface area contributed by atoms with E-state index in [0.717, 1.165) is 12.1 Å². The fourth-order valence-corrected chi connectivity index (χ4v) is 4.06. The van der Waals surface area contributed by atoms with Crippen LogP contribution in [0, 0.1) is 0 Å². The molecule has 1 atom stereocenters. The number of anilines is 1. The molecule has 136 valence electrons. The molecule has 1 unspecified atom stereocenters. The van der Waals surface area contributed by atoms with Gasteiger partial charge >= 0.3 is 17.1 Å². The van der Waals surface area contributed by atoms with E-state index in [1.54, 1.807) is 7.05 Å². The van der Waals surface area contributed by atoms with E-state index in [-0.39, 0.29) is 5.56 Å². The second kappa shape index (κ2) is 6.10. The minimum Gasteiger partial charge on any atom is -0.478 e. The third kappa shape index (κ3) is 2.86. The molecule has 1 aliphatic heterocycles. The summed E-state index contributed by atoms with van der Waals surface area (Å²) in [6, 6.07) is 3.86. The topological polar surface area (TPSA) is 92.7 Å². The van der Waals surface area contributed by atoms with Gasteiger partial charge in [-0.05, 0) is 24.3 Å². The Kier molecular flexibility index (Phi) is 4.60. The predicted molar refractivity (Wildman–Crippen MR) is 85.0 cm³/mol. The van der Waals surface area contributed by atoms with Crippen molar-refractivity contribution in [3.8, 4) is 5.75 Å². The molecular weight excluding hydrogens is 363 g/mol. The quantitative estimate of drug-likeness (QED) is 0.766. The Hall–Kier alpha value is -2.49. The van der Waals surface area contributed by atoms with Crippen molar-refractivity contribution in [1.82, 2.24) is 0 Å². The highest BCUT2D eigenvalue weighted by molar-refractivity contribution is 7.93. The minimum absolute atomic E-state index is 0.0120. The van der Waals surface area contributed by atoms with Crippen LogP contribution in [0.15, 0.2) is 36.4 Å². The highest BCUT2D eigenvalue weighted by Crippen LogP contribution is 2.49. The van der Waals surface area contributed by atoms with Crippen molar-refractivity contribution >= 4 is 27.6 Å². The maximum atomic E-state index is 13.8. The van der Waals surface area contributed by atoms with E-state index in [4.69, 9.17) is 4.74 Å². The number of benzene rings is 1. The molecule has 2 rings (SSSR count). The maximum absolute atomic E-state index is 13.8. The summed E-state index contributed by atoms with van der Waals surface area (Å²) in [7, 11) is -3.58. The Balaban J connectivity index is 2.85. The number of fused-ring (bicyclic) bond motifs is 1. The van der Waals surface area contributed by atoms with Crippen LogP contribution >= 0.6 is 0 Å². The second-order valence-corrected chi connectivity index (χ2v) is 7.29. The number of ether oxygens (including phenoxy) is 1. The van der Waals surface area contributed by atoms with E-state index in [2.05, 4.69) is 11.9 Å². The van der Waals surface area contributed by atoms with Crippen molar-refractivity contribution in [2.24, 2.45) is 0 Å². The molecule has 0 radical (unpaired) electrons. The van der Waals surface area contributed by atoms with Crippen LogP contribution in [0.5, 0.6) is 5.75 Å². The molecule has 0 saturated heterocycles. The van der Waals surface area contributed by atoms with Gasteiger partial charge in [0.05, 0.1) is 5.75 Å². The summed E-state index contributed by atoms with van der Waals surface area (Å²) in [6.45, 7) is 3.11. The highest BCUT2D eigenvalue weighted by Gasteiger charge is 2.71. The zero-order chi connectivity index (χ0) is 19.0. The lowest BCUT2D eigenvalue weighted by atomic mass is 10.00. The molecule has 1 heterocycles. The number of carbonyl (C=O) groups is 1. The number of hydrogen-bond donors (Lipinski definition) is 2. The molecule has 0 amide bonds. The van der Waals surface area contributed by atoms with Crippen molar-refractivity contribution in [3.05, 3.63) is 42.0 Å². The Morgan fingerprint density at radius 2 is 2.08 bits per heavy atom. The van der Waals surface area contributed by atoms with Crippen molar-refractivity contribution in [2.45, 2.75) is 11.1 Å². The summed E-state index contributed by atoms with van der Waals surface area (Å²) in [6.07, 6.45) is -4.13. The molecule has 1 aromatic rings. The summed E-state index contributed by atoms with van der Waals surface area (Å²) in [5, 5.41) is 12.0. The van der Waals surface area contributed by atoms with Gasteiger partial charge in [-0.1, -0.05) is 6.08 Å². The normalized spacial score (nSPS) is 20.1. The summed E-state index contributed by atoms with van der Waals surface area (Å²) in [4.78, 5) is 7.46. The highest BCUT2D eigenvalue weighted by atomic mass is 32.2. The summed E-state index contributed by atoms with van der Waals surface area (Å²) in [5.74, 6) is -3.56. The number of rotatable bonds is 5. The van der Waals surface area contributed by atoms with Gasteiger partial charge in [-0.15, -0.1) is 6.58 Å². The van der Waals surface area contributed by atoms with Crippen LogP contribution in [-0.2, 0) is 14.6 Å². The standard InChI is InChI=1S/C15H14F3NO5S/c1-3-6-25(22,23)14(15(16,17)18)11(13(20)21)8-9-7-10(19-2)4-5-12(9)24-14/h3-5,7-8,19H,1,6H2,2H3,(H,20,21). The number of sulfone groups is 1. The molecule has 0 spiro atoms. The van der Waals surface area contributed by atoms with Gasteiger partial charge in [0.15, 0.2) is 0 Å². The first-order valence-corrected chi connectivity index (χ1v) is 8.51. The smallest absolute Gasteiger partial charge is 0.448 e. The Bertz CT molecular complexity index is 860. The second-order valence-electron chi connectivity index (χ2n) is 5.15. The number of aliphatic carboxylic acids is 1. The van der Waals surface area contributed by atoms with Gasteiger partial charge in [0.25, 0.3) is 0 Å². The zero-order valence-corrected chi connectivity index (χ0v) is 13.7. The molecule has 0 aromatic heterocycles. The third-order valence-electron chi connectivity index (χ3n) is 3.59. The van der Waals surface area contributed by atoms with Crippen molar-refractivity contribution in [2.75, 3.05) is 18.1 Å². The summed E-state index contributed by atoms with van der Waals surface area (Å²) < 4.78 is 71.0. The van der Waals surface area contributed by atoms with Gasteiger partial charge in [0.1, 0.15) is 11.3 Å². The largest absolute Gasteiger partial charge is 0.478 e. The van der Waals surface area contributed by atoms with Crippen LogP contribution in [0.2, 0.25) is 0 Å². The molecule has 2 N–H and O–H groups in total. The van der Waals surface area contributed by atoms with Crippen LogP contribution in [-0.4, -0.2) is 43.4 Å². The average Bonchev–Trinajstić information content (AvgIpc) is 2.51. The number of halogens is 3. The molecule has 0 aliphatic carbocycles. The van der Waals surface area contributed by atoms with Gasteiger partial charge in [0.2, 0.25) is 9.84 Å². The fraction of sp³-hybridized carbons (Fsp3) is 0.267. The third-order valence-corrected chi connectivity index (χ3v) is 5.67. The Morgan fingerprint density at radius 1 is 1.44 bits per heavy atom. The van der Waals surface area contributed by atoms with Crippen molar-refractivity contribution in [1.29, 1.82) is 0 Å². The van der Waals surface area contributed by atoms with E-state index in [0.29, 0.717) is 11.8 Å². The van der Waals surface area contributed by atoms with E-state index in [1.807, 2.05) is 0 Å². The van der Waals surface area contributed by atoms with Crippen LogP contribution < -0.4 is 10.1 Å². The van der Waals surface area contributed by atoms with E-state index >= 15 is 0 Å². The number of nitrogens with one attached hydrogen (secondary N) is 1. The molecule has 1 aliphatic rings. The zero-order valence-electron chi connectivity index (χ0n) is 12.9. The minimum atomic E-state index is -5.53. The monoisotopic (exact) mass is 377 g/mol. The van der Waals surface area contributed by atoms with E-state index in [1.165, 1.54) is 12.1 Å². The van der Waals surface area contributed by atoms with Gasteiger partial charge < -0.3 is 15.2 Å². The number of carboxylic acid groups (broad SMARTS) is 1. The van der Waals surface area contributed by atoms with E-state index in [9.17, 15) is 31.5 Å². The van der Waals surface area contributed by atoms with Gasteiger partial charge in [0, 0.05) is 18.3 Å². The SMILES string of the molecule is C=CCS(=O)(=O)C1(C(F)(F)F)Oc2ccc(NC)cc2C=C1C(=O)O. The number of hydrogen-bond acceptors (Lipinski definition) is 5. The van der Waals surface area contributed by atoms with Gasteiger partial charge in [-0.25, -0.2) is 13.2 Å². The number of carboxylic acids is 1. The van der Waals surface area contributed by atoms with E-state index < -0.39 is 44.0 Å². The number of alkyl halides is 3. The lowest BCUT2D eigenvalue weighted by Gasteiger charge is -2.38. The fourth-order valence-electron chi connectivity index (χ4n) is 2.46. The van der Waals surface area contributed by atoms with Crippen LogP contribution in [0.3, 0.4) is 0 Å². The molecule has 0 saturated carbocycles. The lowest BCUT2D eigenvalue weighted by Crippen LogP contribution is -2.60. The molecule has 0 fully saturated rings. The molecule has 6 nitrogen and oxygen atoms in total. The van der Waals surface area contributed by atoms with Crippen LogP contribution in [0.1, 0.15) is 5.56 Å². The predicted octanol–water partition coefficient (Wildman–Crippen LogP) is 2.45. The lowest BCUT2D eigenvalue weighted by molar-refractivity contribution is -0.203. The molecule has 0 bridgehead atoms. The molecule has 10 heteroatoms. The Labute approximate surface area is 141 Å². The first-order valence-electron chi connectivity index (χ1n) is 6.86. The van der Waals surface area contributed by atoms with Crippen molar-refractivity contribution < 1.29 is 36.2 Å². The molecular formula is C15H14F3NO5S. The first-order chi connectivity index (χ1) is 11.5. The average molecular weight is 377 g/mol. The van der Waals surface area contributed by atoms with Gasteiger partial charge in [-0.2, -0.15) is 13.2 Å². The summed E-state index contributed by atoms with van der Waals surface area (Å²) in [5.41, 5.74) is -0.933. The summed E-state index contributed by atoms with van der Waals surface area (Å²) >= 11 is 0. The molecule has 1 aromatic carbocycles.